The van der Waals surface area contributed by atoms with E-state index in [1.165, 1.54) is 11.3 Å². The number of aromatic nitrogens is 2. The third-order valence-electron chi connectivity index (χ3n) is 4.23. The molecule has 0 spiro atoms. The molecule has 7 heteroatoms. The smallest absolute Gasteiger partial charge is 0.268 e. The van der Waals surface area contributed by atoms with Gasteiger partial charge in [0.1, 0.15) is 11.5 Å². The van der Waals surface area contributed by atoms with E-state index in [2.05, 4.69) is 9.97 Å². The molecule has 124 valence electrons. The second-order valence-electron chi connectivity index (χ2n) is 5.77. The van der Waals surface area contributed by atoms with E-state index in [9.17, 15) is 4.79 Å². The minimum Gasteiger partial charge on any atom is -0.382 e. The van der Waals surface area contributed by atoms with Crippen molar-refractivity contribution in [3.63, 3.8) is 0 Å². The third kappa shape index (κ3) is 3.68. The van der Waals surface area contributed by atoms with E-state index in [-0.39, 0.29) is 12.0 Å². The van der Waals surface area contributed by atoms with Crippen LogP contribution in [0.3, 0.4) is 0 Å². The number of hydrogen-bond donors (Lipinski definition) is 1. The fraction of sp³-hybridized carbons (Fsp3) is 0.562. The molecule has 1 aliphatic rings. The van der Waals surface area contributed by atoms with E-state index in [1.807, 2.05) is 11.4 Å². The van der Waals surface area contributed by atoms with E-state index in [0.29, 0.717) is 18.9 Å². The maximum absolute atomic E-state index is 11.7. The van der Waals surface area contributed by atoms with Crippen molar-refractivity contribution in [1.82, 2.24) is 9.97 Å². The minimum absolute atomic E-state index is 0.264. The zero-order valence-corrected chi connectivity index (χ0v) is 14.0. The molecule has 1 saturated carbocycles. The lowest BCUT2D eigenvalue weighted by molar-refractivity contribution is -0.00315. The van der Waals surface area contributed by atoms with E-state index in [4.69, 9.17) is 15.2 Å². The number of nitrogens with two attached hydrogens (primary N) is 1. The number of rotatable bonds is 6. The highest BCUT2D eigenvalue weighted by Gasteiger charge is 2.26. The molecule has 2 heterocycles. The lowest BCUT2D eigenvalue weighted by atomic mass is 9.86. The number of primary amides is 1. The molecule has 3 rings (SSSR count). The maximum atomic E-state index is 11.7. The first-order chi connectivity index (χ1) is 11.2. The number of ether oxygens (including phenoxy) is 2. The Morgan fingerprint density at radius 2 is 2.09 bits per heavy atom. The molecule has 0 saturated heterocycles. The highest BCUT2D eigenvalue weighted by Crippen LogP contribution is 2.34. The molecular formula is C16H21N3O3S. The number of nitrogens with zero attached hydrogens (tertiary/aromatic N) is 2. The van der Waals surface area contributed by atoms with Crippen LogP contribution in [0, 0.1) is 0 Å². The first kappa shape index (κ1) is 16.3. The Bertz CT molecular complexity index is 680. The van der Waals surface area contributed by atoms with Crippen molar-refractivity contribution in [3.8, 4) is 0 Å². The number of carbonyl (C=O) groups is 1. The predicted molar refractivity (Wildman–Crippen MR) is 88.8 cm³/mol. The second-order valence-corrected chi connectivity index (χ2v) is 6.68. The van der Waals surface area contributed by atoms with Crippen LogP contribution in [0.15, 0.2) is 11.4 Å². The van der Waals surface area contributed by atoms with Gasteiger partial charge in [-0.25, -0.2) is 9.97 Å². The summed E-state index contributed by atoms with van der Waals surface area (Å²) < 4.78 is 11.6. The number of hydrogen-bond acceptors (Lipinski definition) is 6. The number of fused-ring (bicyclic) bond motifs is 1. The lowest BCUT2D eigenvalue weighted by Gasteiger charge is -2.27. The van der Waals surface area contributed by atoms with Crippen LogP contribution in [0.1, 0.15) is 47.9 Å². The van der Waals surface area contributed by atoms with E-state index < -0.39 is 5.91 Å². The van der Waals surface area contributed by atoms with Gasteiger partial charge in [0.15, 0.2) is 0 Å². The van der Waals surface area contributed by atoms with Gasteiger partial charge in [-0.3, -0.25) is 4.79 Å². The molecule has 0 aromatic carbocycles. The topological polar surface area (TPSA) is 87.3 Å². The summed E-state index contributed by atoms with van der Waals surface area (Å²) in [4.78, 5) is 20.7. The molecule has 0 radical (unpaired) electrons. The lowest BCUT2D eigenvalue weighted by Crippen LogP contribution is -2.24. The molecule has 2 aromatic heterocycles. The van der Waals surface area contributed by atoms with Crippen molar-refractivity contribution in [3.05, 3.63) is 23.0 Å². The highest BCUT2D eigenvalue weighted by atomic mass is 32.1. The Morgan fingerprint density at radius 1 is 1.30 bits per heavy atom. The zero-order valence-electron chi connectivity index (χ0n) is 13.2. The molecular weight excluding hydrogens is 314 g/mol. The zero-order chi connectivity index (χ0) is 16.2. The van der Waals surface area contributed by atoms with Crippen LogP contribution < -0.4 is 5.73 Å². The molecule has 0 atom stereocenters. The van der Waals surface area contributed by atoms with Crippen molar-refractivity contribution in [2.45, 2.75) is 37.7 Å². The molecule has 23 heavy (non-hydrogen) atoms. The Morgan fingerprint density at radius 3 is 2.78 bits per heavy atom. The summed E-state index contributed by atoms with van der Waals surface area (Å²) in [7, 11) is 1.68. The molecule has 1 amide bonds. The number of carbonyl (C=O) groups excluding carboxylic acids is 1. The summed E-state index contributed by atoms with van der Waals surface area (Å²) in [6.07, 6.45) is 4.16. The molecule has 0 aliphatic heterocycles. The van der Waals surface area contributed by atoms with Crippen LogP contribution in [0.5, 0.6) is 0 Å². The average molecular weight is 335 g/mol. The Hall–Kier alpha value is -1.57. The molecule has 0 bridgehead atoms. The van der Waals surface area contributed by atoms with Gasteiger partial charge in [-0.05, 0) is 37.1 Å². The summed E-state index contributed by atoms with van der Waals surface area (Å²) >= 11 is 1.45. The first-order valence-electron chi connectivity index (χ1n) is 7.84. The fourth-order valence-electron chi connectivity index (χ4n) is 3.02. The van der Waals surface area contributed by atoms with Gasteiger partial charge in [0.2, 0.25) is 0 Å². The summed E-state index contributed by atoms with van der Waals surface area (Å²) in [5.74, 6) is 0.511. The molecule has 0 unspecified atom stereocenters. The average Bonchev–Trinajstić information content (AvgIpc) is 3.03. The normalized spacial score (nSPS) is 21.6. The van der Waals surface area contributed by atoms with Crippen LogP contribution in [-0.2, 0) is 9.47 Å². The van der Waals surface area contributed by atoms with Crippen LogP contribution in [-0.4, -0.2) is 42.3 Å². The summed E-state index contributed by atoms with van der Waals surface area (Å²) in [6.45, 7) is 1.26. The van der Waals surface area contributed by atoms with Crippen molar-refractivity contribution >= 4 is 27.5 Å². The maximum Gasteiger partial charge on any atom is 0.268 e. The SMILES string of the molecule is COCCOC1CCC(c2nc(C(N)=O)c3sccc3n2)CC1. The highest BCUT2D eigenvalue weighted by molar-refractivity contribution is 7.17. The largest absolute Gasteiger partial charge is 0.382 e. The van der Waals surface area contributed by atoms with E-state index in [0.717, 1.165) is 41.7 Å². The van der Waals surface area contributed by atoms with Gasteiger partial charge in [0.25, 0.3) is 5.91 Å². The van der Waals surface area contributed by atoms with Crippen molar-refractivity contribution in [2.75, 3.05) is 20.3 Å². The van der Waals surface area contributed by atoms with Gasteiger partial charge >= 0.3 is 0 Å². The number of methoxy groups -OCH3 is 1. The van der Waals surface area contributed by atoms with E-state index >= 15 is 0 Å². The van der Waals surface area contributed by atoms with Gasteiger partial charge in [-0.2, -0.15) is 0 Å². The molecule has 6 nitrogen and oxygen atoms in total. The van der Waals surface area contributed by atoms with Gasteiger partial charge < -0.3 is 15.2 Å². The Labute approximate surface area is 139 Å². The number of amides is 1. The van der Waals surface area contributed by atoms with Crippen molar-refractivity contribution in [2.24, 2.45) is 5.73 Å². The third-order valence-corrected chi connectivity index (χ3v) is 5.14. The molecule has 2 aromatic rings. The van der Waals surface area contributed by atoms with Crippen LogP contribution in [0.4, 0.5) is 0 Å². The summed E-state index contributed by atoms with van der Waals surface area (Å²) in [5, 5.41) is 1.91. The Kier molecular flexibility index (Phi) is 5.20. The van der Waals surface area contributed by atoms with Crippen molar-refractivity contribution < 1.29 is 14.3 Å². The minimum atomic E-state index is -0.488. The second kappa shape index (κ2) is 7.33. The molecule has 1 fully saturated rings. The quantitative estimate of drug-likeness (QED) is 0.820. The van der Waals surface area contributed by atoms with E-state index in [1.54, 1.807) is 7.11 Å². The van der Waals surface area contributed by atoms with Crippen LogP contribution in [0.2, 0.25) is 0 Å². The predicted octanol–water partition coefficient (Wildman–Crippen LogP) is 2.48. The standard InChI is InChI=1S/C16H21N3O3S/c1-21-7-8-22-11-4-2-10(3-5-11)16-18-12-6-9-23-14(12)13(19-16)15(17)20/h6,9-11H,2-5,7-8H2,1H3,(H2,17,20). The van der Waals surface area contributed by atoms with Gasteiger partial charge in [0.05, 0.1) is 29.5 Å². The Balaban J connectivity index is 1.71. The van der Waals surface area contributed by atoms with Crippen LogP contribution in [0.25, 0.3) is 10.2 Å². The van der Waals surface area contributed by atoms with Crippen LogP contribution >= 0.6 is 11.3 Å². The fourth-order valence-corrected chi connectivity index (χ4v) is 3.84. The van der Waals surface area contributed by atoms with Gasteiger partial charge in [-0.1, -0.05) is 0 Å². The summed E-state index contributed by atoms with van der Waals surface area (Å²) in [6, 6.07) is 1.91. The molecule has 2 N–H and O–H groups in total. The first-order valence-corrected chi connectivity index (χ1v) is 8.72. The van der Waals surface area contributed by atoms with Gasteiger partial charge in [0, 0.05) is 13.0 Å². The molecule has 1 aliphatic carbocycles. The summed E-state index contributed by atoms with van der Waals surface area (Å²) in [5.41, 5.74) is 6.63. The van der Waals surface area contributed by atoms with Crippen molar-refractivity contribution in [1.29, 1.82) is 0 Å². The van der Waals surface area contributed by atoms with Gasteiger partial charge in [-0.15, -0.1) is 11.3 Å². The monoisotopic (exact) mass is 335 g/mol. The number of thiophene rings is 1.